The van der Waals surface area contributed by atoms with E-state index in [0.717, 1.165) is 37.9 Å². The van der Waals surface area contributed by atoms with Gasteiger partial charge in [-0.05, 0) is 36.3 Å². The summed E-state index contributed by atoms with van der Waals surface area (Å²) in [4.78, 5) is 14.4. The van der Waals surface area contributed by atoms with Crippen LogP contribution in [0, 0.1) is 5.41 Å². The molecule has 2 rings (SSSR count). The average molecular weight is 260 g/mol. The zero-order valence-electron chi connectivity index (χ0n) is 12.0. The van der Waals surface area contributed by atoms with E-state index in [-0.39, 0.29) is 5.91 Å². The zero-order valence-corrected chi connectivity index (χ0v) is 12.0. The van der Waals surface area contributed by atoms with Crippen molar-refractivity contribution in [1.29, 1.82) is 0 Å². The molecule has 1 aliphatic heterocycles. The van der Waals surface area contributed by atoms with Crippen LogP contribution < -0.4 is 5.73 Å². The molecule has 1 heterocycles. The Bertz CT molecular complexity index is 452. The SMILES string of the molecule is CCC1(CC)CCN(C(=O)Cc2ccccc2N)C1. The van der Waals surface area contributed by atoms with Crippen LogP contribution in [0.15, 0.2) is 24.3 Å². The maximum atomic E-state index is 12.4. The third-order valence-electron chi connectivity index (χ3n) is 4.69. The van der Waals surface area contributed by atoms with Crippen LogP contribution in [0.5, 0.6) is 0 Å². The van der Waals surface area contributed by atoms with Crippen molar-refractivity contribution in [2.24, 2.45) is 5.41 Å². The molecule has 3 nitrogen and oxygen atoms in total. The Morgan fingerprint density at radius 3 is 2.58 bits per heavy atom. The minimum absolute atomic E-state index is 0.210. The fraction of sp³-hybridized carbons (Fsp3) is 0.562. The number of carbonyl (C=O) groups excluding carboxylic acids is 1. The Balaban J connectivity index is 2.01. The molecule has 0 bridgehead atoms. The fourth-order valence-electron chi connectivity index (χ4n) is 2.95. The quantitative estimate of drug-likeness (QED) is 0.846. The number of nitrogens with two attached hydrogens (primary N) is 1. The van der Waals surface area contributed by atoms with E-state index in [9.17, 15) is 4.79 Å². The van der Waals surface area contributed by atoms with E-state index in [1.54, 1.807) is 0 Å². The summed E-state index contributed by atoms with van der Waals surface area (Å²) in [6.07, 6.45) is 3.87. The summed E-state index contributed by atoms with van der Waals surface area (Å²) in [6, 6.07) is 7.63. The van der Waals surface area contributed by atoms with Crippen LogP contribution in [0.1, 0.15) is 38.7 Å². The lowest BCUT2D eigenvalue weighted by Gasteiger charge is -2.26. The van der Waals surface area contributed by atoms with E-state index < -0.39 is 0 Å². The molecule has 19 heavy (non-hydrogen) atoms. The van der Waals surface area contributed by atoms with E-state index in [2.05, 4.69) is 13.8 Å². The Labute approximate surface area is 115 Å². The van der Waals surface area contributed by atoms with Gasteiger partial charge in [0.15, 0.2) is 0 Å². The van der Waals surface area contributed by atoms with Crippen molar-refractivity contribution in [1.82, 2.24) is 4.90 Å². The molecule has 104 valence electrons. The molecule has 0 unspecified atom stereocenters. The van der Waals surface area contributed by atoms with Crippen molar-refractivity contribution in [2.45, 2.75) is 39.5 Å². The lowest BCUT2D eigenvalue weighted by Crippen LogP contribution is -2.33. The number of nitrogens with zero attached hydrogens (tertiary/aromatic N) is 1. The number of benzene rings is 1. The molecule has 0 aliphatic carbocycles. The molecule has 0 radical (unpaired) electrons. The van der Waals surface area contributed by atoms with Crippen molar-refractivity contribution >= 4 is 11.6 Å². The molecule has 2 N–H and O–H groups in total. The molecule has 1 fully saturated rings. The largest absolute Gasteiger partial charge is 0.398 e. The number of hydrogen-bond acceptors (Lipinski definition) is 2. The van der Waals surface area contributed by atoms with Crippen LogP contribution in [0.3, 0.4) is 0 Å². The van der Waals surface area contributed by atoms with Crippen LogP contribution in [-0.2, 0) is 11.2 Å². The van der Waals surface area contributed by atoms with Crippen molar-refractivity contribution in [3.05, 3.63) is 29.8 Å². The summed E-state index contributed by atoms with van der Waals surface area (Å²) in [7, 11) is 0. The highest BCUT2D eigenvalue weighted by Gasteiger charge is 2.36. The summed E-state index contributed by atoms with van der Waals surface area (Å²) in [5, 5.41) is 0. The molecule has 3 heteroatoms. The number of amides is 1. The van der Waals surface area contributed by atoms with Gasteiger partial charge in [0.2, 0.25) is 5.91 Å². The van der Waals surface area contributed by atoms with Gasteiger partial charge in [-0.3, -0.25) is 4.79 Å². The topological polar surface area (TPSA) is 46.3 Å². The molecule has 0 saturated carbocycles. The minimum Gasteiger partial charge on any atom is -0.398 e. The van der Waals surface area contributed by atoms with Crippen LogP contribution in [0.4, 0.5) is 5.69 Å². The first-order chi connectivity index (χ1) is 9.10. The van der Waals surface area contributed by atoms with Gasteiger partial charge in [-0.15, -0.1) is 0 Å². The van der Waals surface area contributed by atoms with Gasteiger partial charge in [0, 0.05) is 18.8 Å². The first-order valence-electron chi connectivity index (χ1n) is 7.21. The maximum absolute atomic E-state index is 12.4. The van der Waals surface area contributed by atoms with Gasteiger partial charge in [0.25, 0.3) is 0 Å². The van der Waals surface area contributed by atoms with Gasteiger partial charge in [-0.2, -0.15) is 0 Å². The third-order valence-corrected chi connectivity index (χ3v) is 4.69. The highest BCUT2D eigenvalue weighted by atomic mass is 16.2. The Morgan fingerprint density at radius 1 is 1.32 bits per heavy atom. The number of para-hydroxylation sites is 1. The molecule has 1 aromatic carbocycles. The predicted octanol–water partition coefficient (Wildman–Crippen LogP) is 2.85. The molecule has 1 aromatic rings. The molecular weight excluding hydrogens is 236 g/mol. The summed E-state index contributed by atoms with van der Waals surface area (Å²) < 4.78 is 0. The van der Waals surface area contributed by atoms with Crippen molar-refractivity contribution < 1.29 is 4.79 Å². The number of rotatable bonds is 4. The fourth-order valence-corrected chi connectivity index (χ4v) is 2.95. The number of anilines is 1. The van der Waals surface area contributed by atoms with Crippen molar-refractivity contribution in [3.63, 3.8) is 0 Å². The second-order valence-corrected chi connectivity index (χ2v) is 5.65. The van der Waals surface area contributed by atoms with Gasteiger partial charge in [0.05, 0.1) is 6.42 Å². The van der Waals surface area contributed by atoms with E-state index in [1.807, 2.05) is 29.2 Å². The Kier molecular flexibility index (Phi) is 4.13. The van der Waals surface area contributed by atoms with Crippen molar-refractivity contribution in [2.75, 3.05) is 18.8 Å². The second kappa shape index (κ2) is 5.64. The molecule has 0 spiro atoms. The normalized spacial score (nSPS) is 17.7. The molecule has 0 atom stereocenters. The van der Waals surface area contributed by atoms with Crippen LogP contribution >= 0.6 is 0 Å². The molecule has 1 aliphatic rings. The average Bonchev–Trinajstić information content (AvgIpc) is 2.87. The highest BCUT2D eigenvalue weighted by molar-refractivity contribution is 5.80. The Hall–Kier alpha value is -1.51. The lowest BCUT2D eigenvalue weighted by molar-refractivity contribution is -0.129. The standard InChI is InChI=1S/C16H24N2O/c1-3-16(4-2)9-10-18(12-16)15(19)11-13-7-5-6-8-14(13)17/h5-8H,3-4,9-12,17H2,1-2H3. The number of hydrogen-bond donors (Lipinski definition) is 1. The first kappa shape index (κ1) is 13.9. The number of likely N-dealkylation sites (tertiary alicyclic amines) is 1. The molecule has 1 saturated heterocycles. The maximum Gasteiger partial charge on any atom is 0.227 e. The first-order valence-corrected chi connectivity index (χ1v) is 7.21. The zero-order chi connectivity index (χ0) is 13.9. The summed E-state index contributed by atoms with van der Waals surface area (Å²) in [5.41, 5.74) is 7.91. The second-order valence-electron chi connectivity index (χ2n) is 5.65. The van der Waals surface area contributed by atoms with Gasteiger partial charge in [0.1, 0.15) is 0 Å². The number of nitrogen functional groups attached to an aromatic ring is 1. The van der Waals surface area contributed by atoms with E-state index in [1.165, 1.54) is 0 Å². The molecule has 1 amide bonds. The third kappa shape index (κ3) is 2.91. The highest BCUT2D eigenvalue weighted by Crippen LogP contribution is 2.37. The van der Waals surface area contributed by atoms with Crippen LogP contribution in [0.25, 0.3) is 0 Å². The molecular formula is C16H24N2O. The Morgan fingerprint density at radius 2 is 2.00 bits per heavy atom. The number of carbonyl (C=O) groups is 1. The van der Waals surface area contributed by atoms with Crippen LogP contribution in [0.2, 0.25) is 0 Å². The van der Waals surface area contributed by atoms with Crippen LogP contribution in [-0.4, -0.2) is 23.9 Å². The van der Waals surface area contributed by atoms with E-state index >= 15 is 0 Å². The van der Waals surface area contributed by atoms with Gasteiger partial charge >= 0.3 is 0 Å². The summed E-state index contributed by atoms with van der Waals surface area (Å²) >= 11 is 0. The smallest absolute Gasteiger partial charge is 0.227 e. The molecule has 0 aromatic heterocycles. The van der Waals surface area contributed by atoms with Crippen molar-refractivity contribution in [3.8, 4) is 0 Å². The van der Waals surface area contributed by atoms with Gasteiger partial charge < -0.3 is 10.6 Å². The van der Waals surface area contributed by atoms with Gasteiger partial charge in [-0.1, -0.05) is 32.0 Å². The summed E-state index contributed by atoms with van der Waals surface area (Å²) in [6.45, 7) is 6.26. The van der Waals surface area contributed by atoms with Gasteiger partial charge in [-0.25, -0.2) is 0 Å². The predicted molar refractivity (Wildman–Crippen MR) is 78.8 cm³/mol. The van der Waals surface area contributed by atoms with E-state index in [0.29, 0.717) is 17.5 Å². The minimum atomic E-state index is 0.210. The monoisotopic (exact) mass is 260 g/mol. The lowest BCUT2D eigenvalue weighted by atomic mass is 9.82. The van der Waals surface area contributed by atoms with E-state index in [4.69, 9.17) is 5.73 Å². The summed E-state index contributed by atoms with van der Waals surface area (Å²) in [5.74, 6) is 0.210.